The number of ether oxygens (including phenoxy) is 3. The van der Waals surface area contributed by atoms with Crippen LogP contribution >= 0.6 is 0 Å². The number of hydrogen-bond acceptors (Lipinski definition) is 5. The molecule has 0 N–H and O–H groups in total. The SMILES string of the molecule is CC/C=C\C/C=C\C/C=C\C/C=C\C/C=C\CC(=O)OCC(COCCCCCCCCC/C=C\C/C=C\C/C=C\CCCCC)OC(=O)CCCCCCC/C=C\CCCCCC. The van der Waals surface area contributed by atoms with Crippen molar-refractivity contribution >= 4 is 11.9 Å². The quantitative estimate of drug-likeness (QED) is 0.0346. The summed E-state index contributed by atoms with van der Waals surface area (Å²) in [6, 6.07) is 0. The summed E-state index contributed by atoms with van der Waals surface area (Å²) < 4.78 is 17.3. The molecule has 0 rings (SSSR count). The molecule has 0 aromatic heterocycles. The lowest BCUT2D eigenvalue weighted by Gasteiger charge is -2.18. The van der Waals surface area contributed by atoms with E-state index in [1.54, 1.807) is 0 Å². The summed E-state index contributed by atoms with van der Waals surface area (Å²) in [5, 5.41) is 0. The van der Waals surface area contributed by atoms with Crippen LogP contribution in [0.15, 0.2) is 109 Å². The van der Waals surface area contributed by atoms with Gasteiger partial charge in [0, 0.05) is 13.0 Å². The van der Waals surface area contributed by atoms with Crippen molar-refractivity contribution in [1.29, 1.82) is 0 Å². The lowest BCUT2D eigenvalue weighted by molar-refractivity contribution is -0.162. The van der Waals surface area contributed by atoms with Gasteiger partial charge in [-0.3, -0.25) is 9.59 Å². The minimum absolute atomic E-state index is 0.0180. The van der Waals surface area contributed by atoms with E-state index in [1.165, 1.54) is 109 Å². The first kappa shape index (κ1) is 60.6. The van der Waals surface area contributed by atoms with Crippen LogP contribution in [0.4, 0.5) is 0 Å². The Labute approximate surface area is 395 Å². The maximum absolute atomic E-state index is 12.8. The summed E-state index contributed by atoms with van der Waals surface area (Å²) in [7, 11) is 0. The maximum atomic E-state index is 12.8. The van der Waals surface area contributed by atoms with Crippen molar-refractivity contribution in [2.75, 3.05) is 19.8 Å². The van der Waals surface area contributed by atoms with Crippen LogP contribution in [0.1, 0.15) is 226 Å². The van der Waals surface area contributed by atoms with E-state index < -0.39 is 6.10 Å². The van der Waals surface area contributed by atoms with E-state index in [9.17, 15) is 9.59 Å². The molecule has 0 aliphatic rings. The summed E-state index contributed by atoms with van der Waals surface area (Å²) in [5.74, 6) is -0.564. The smallest absolute Gasteiger partial charge is 0.309 e. The van der Waals surface area contributed by atoms with Crippen LogP contribution in [0.3, 0.4) is 0 Å². The fourth-order valence-corrected chi connectivity index (χ4v) is 6.88. The summed E-state index contributed by atoms with van der Waals surface area (Å²) in [4.78, 5) is 25.3. The molecular weight excluding hydrogens is 789 g/mol. The number of esters is 2. The summed E-state index contributed by atoms with van der Waals surface area (Å²) in [6.45, 7) is 7.53. The highest BCUT2D eigenvalue weighted by atomic mass is 16.6. The Balaban J connectivity index is 4.40. The molecule has 5 nitrogen and oxygen atoms in total. The molecule has 1 unspecified atom stereocenters. The number of carbonyl (C=O) groups excluding carboxylic acids is 2. The maximum Gasteiger partial charge on any atom is 0.309 e. The molecular formula is C59H98O5. The van der Waals surface area contributed by atoms with E-state index in [1.807, 2.05) is 12.2 Å². The second-order valence-corrected chi connectivity index (χ2v) is 17.1. The van der Waals surface area contributed by atoms with Gasteiger partial charge >= 0.3 is 11.9 Å². The van der Waals surface area contributed by atoms with Crippen LogP contribution in [0.2, 0.25) is 0 Å². The topological polar surface area (TPSA) is 61.8 Å². The minimum Gasteiger partial charge on any atom is -0.461 e. The zero-order valence-corrected chi connectivity index (χ0v) is 41.8. The first-order valence-corrected chi connectivity index (χ1v) is 26.4. The second-order valence-electron chi connectivity index (χ2n) is 17.1. The number of hydrogen-bond donors (Lipinski definition) is 0. The van der Waals surface area contributed by atoms with Gasteiger partial charge in [0.2, 0.25) is 0 Å². The van der Waals surface area contributed by atoms with Crippen LogP contribution in [0.25, 0.3) is 0 Å². The Hall–Kier alpha value is -3.44. The Morgan fingerprint density at radius 1 is 0.375 bits per heavy atom. The average Bonchev–Trinajstić information content (AvgIpc) is 3.30. The molecule has 0 aromatic carbocycles. The molecule has 0 saturated carbocycles. The first-order valence-electron chi connectivity index (χ1n) is 26.4. The number of allylic oxidation sites excluding steroid dienone is 17. The van der Waals surface area contributed by atoms with Crippen LogP contribution in [0, 0.1) is 0 Å². The number of rotatable bonds is 47. The molecule has 1 atom stereocenters. The highest BCUT2D eigenvalue weighted by Crippen LogP contribution is 2.12. The Morgan fingerprint density at radius 3 is 1.25 bits per heavy atom. The van der Waals surface area contributed by atoms with Gasteiger partial charge in [0.15, 0.2) is 6.10 Å². The van der Waals surface area contributed by atoms with Gasteiger partial charge in [-0.1, -0.05) is 214 Å². The van der Waals surface area contributed by atoms with Crippen LogP contribution in [0.5, 0.6) is 0 Å². The highest BCUT2D eigenvalue weighted by molar-refractivity contribution is 5.71. The van der Waals surface area contributed by atoms with Crippen molar-refractivity contribution in [1.82, 2.24) is 0 Å². The molecule has 64 heavy (non-hydrogen) atoms. The third kappa shape index (κ3) is 51.2. The largest absolute Gasteiger partial charge is 0.461 e. The van der Waals surface area contributed by atoms with Crippen molar-refractivity contribution in [2.45, 2.75) is 232 Å². The highest BCUT2D eigenvalue weighted by Gasteiger charge is 2.17. The number of carbonyl (C=O) groups is 2. The number of unbranched alkanes of at least 4 members (excludes halogenated alkanes) is 19. The van der Waals surface area contributed by atoms with Crippen molar-refractivity contribution in [3.8, 4) is 0 Å². The van der Waals surface area contributed by atoms with E-state index in [0.717, 1.165) is 83.5 Å². The van der Waals surface area contributed by atoms with E-state index in [-0.39, 0.29) is 31.6 Å². The molecule has 0 amide bonds. The average molecular weight is 887 g/mol. The van der Waals surface area contributed by atoms with E-state index in [0.29, 0.717) is 13.0 Å². The molecule has 0 aliphatic heterocycles. The lowest BCUT2D eigenvalue weighted by Crippen LogP contribution is -2.30. The Morgan fingerprint density at radius 2 is 0.750 bits per heavy atom. The van der Waals surface area contributed by atoms with Gasteiger partial charge in [-0.15, -0.1) is 0 Å². The van der Waals surface area contributed by atoms with Gasteiger partial charge in [0.25, 0.3) is 0 Å². The second kappa shape index (κ2) is 53.9. The molecule has 0 spiro atoms. The zero-order chi connectivity index (χ0) is 46.3. The van der Waals surface area contributed by atoms with Crippen molar-refractivity contribution in [3.05, 3.63) is 109 Å². The van der Waals surface area contributed by atoms with Crippen molar-refractivity contribution in [2.24, 2.45) is 0 Å². The molecule has 0 heterocycles. The zero-order valence-electron chi connectivity index (χ0n) is 41.8. The van der Waals surface area contributed by atoms with Crippen molar-refractivity contribution < 1.29 is 23.8 Å². The predicted molar refractivity (Wildman–Crippen MR) is 279 cm³/mol. The normalized spacial score (nSPS) is 13.1. The van der Waals surface area contributed by atoms with Gasteiger partial charge in [0.1, 0.15) is 6.61 Å². The molecule has 0 fully saturated rings. The fourth-order valence-electron chi connectivity index (χ4n) is 6.88. The summed E-state index contributed by atoms with van der Waals surface area (Å²) >= 11 is 0. The van der Waals surface area contributed by atoms with Crippen LogP contribution in [-0.4, -0.2) is 37.9 Å². The molecule has 0 radical (unpaired) electrons. The van der Waals surface area contributed by atoms with E-state index in [2.05, 4.69) is 118 Å². The Bertz CT molecular complexity index is 1280. The third-order valence-electron chi connectivity index (χ3n) is 10.8. The first-order chi connectivity index (χ1) is 31.6. The van der Waals surface area contributed by atoms with Crippen LogP contribution in [-0.2, 0) is 23.8 Å². The molecule has 0 aliphatic carbocycles. The molecule has 5 heteroatoms. The monoisotopic (exact) mass is 887 g/mol. The van der Waals surface area contributed by atoms with Gasteiger partial charge < -0.3 is 14.2 Å². The predicted octanol–water partition coefficient (Wildman–Crippen LogP) is 18.0. The molecule has 364 valence electrons. The lowest BCUT2D eigenvalue weighted by atomic mass is 10.1. The van der Waals surface area contributed by atoms with Gasteiger partial charge in [-0.25, -0.2) is 0 Å². The molecule has 0 saturated heterocycles. The van der Waals surface area contributed by atoms with Crippen LogP contribution < -0.4 is 0 Å². The van der Waals surface area contributed by atoms with E-state index in [4.69, 9.17) is 14.2 Å². The fraction of sp³-hybridized carbons (Fsp3) is 0.661. The summed E-state index contributed by atoms with van der Waals surface area (Å²) in [5.41, 5.74) is 0. The minimum atomic E-state index is -0.592. The summed E-state index contributed by atoms with van der Waals surface area (Å²) in [6.07, 6.45) is 74.1. The molecule has 0 aromatic rings. The Kier molecular flexibility index (Phi) is 51.0. The van der Waals surface area contributed by atoms with Crippen molar-refractivity contribution in [3.63, 3.8) is 0 Å². The van der Waals surface area contributed by atoms with Gasteiger partial charge in [-0.2, -0.15) is 0 Å². The third-order valence-corrected chi connectivity index (χ3v) is 10.8. The molecule has 0 bridgehead atoms. The van der Waals surface area contributed by atoms with Gasteiger partial charge in [-0.05, 0) is 109 Å². The standard InChI is InChI=1S/C59H98O5/c1-4-7-10-13-16-19-22-25-27-28-29-30-31-33-36-39-42-45-48-51-54-62-55-57(64-59(61)53-50-47-44-41-38-34-24-21-18-15-12-9-6-3)56-63-58(60)52-49-46-43-40-37-35-32-26-23-20-17-14-11-8-5-2/h8,11,16-17,19-21,24-27,29-30,32,37,40,46,49,57H,4-7,9-10,12-15,18,22-23,28,31,33-36,38-39,41-45,47-48,50-56H2,1-3H3/b11-8-,19-16-,20-17-,24-21-,27-25-,30-29-,32-26-,40-37-,49-46-. The van der Waals surface area contributed by atoms with E-state index >= 15 is 0 Å². The van der Waals surface area contributed by atoms with Gasteiger partial charge in [0.05, 0.1) is 13.0 Å².